The second-order valence-electron chi connectivity index (χ2n) is 4.96. The number of fused-ring (bicyclic) bond motifs is 2. The van der Waals surface area contributed by atoms with Crippen LogP contribution in [0.2, 0.25) is 0 Å². The zero-order valence-corrected chi connectivity index (χ0v) is 11.6. The highest BCUT2D eigenvalue weighted by Gasteiger charge is 2.45. The topological polar surface area (TPSA) is 99.9 Å². The molecule has 1 unspecified atom stereocenters. The van der Waals surface area contributed by atoms with Gasteiger partial charge in [0.05, 0.1) is 33.0 Å². The number of ether oxygens (including phenoxy) is 3. The molecule has 8 heteroatoms. The Kier molecular flexibility index (Phi) is 3.42. The summed E-state index contributed by atoms with van der Waals surface area (Å²) in [6, 6.07) is 0. The molecule has 0 radical (unpaired) electrons. The number of carbonyl (C=O) groups excluding carboxylic acids is 1. The van der Waals surface area contributed by atoms with Gasteiger partial charge in [-0.3, -0.25) is 9.36 Å². The zero-order chi connectivity index (χ0) is 15.0. The largest absolute Gasteiger partial charge is 0.501 e. The minimum absolute atomic E-state index is 0.128. The van der Waals surface area contributed by atoms with Gasteiger partial charge < -0.3 is 19.3 Å². The molecule has 1 fully saturated rings. The molecule has 1 N–H and O–H groups in total. The average Bonchev–Trinajstić information content (AvgIpc) is 2.93. The molecule has 1 spiro atoms. The van der Waals surface area contributed by atoms with Gasteiger partial charge in [-0.15, -0.1) is 0 Å². The van der Waals surface area contributed by atoms with Crippen LogP contribution in [-0.2, 0) is 26.4 Å². The van der Waals surface area contributed by atoms with Gasteiger partial charge in [-0.25, -0.2) is 9.78 Å². The van der Waals surface area contributed by atoms with Crippen molar-refractivity contribution >= 4 is 5.97 Å². The summed E-state index contributed by atoms with van der Waals surface area (Å²) in [7, 11) is 0. The first kappa shape index (κ1) is 14.0. The molecule has 0 amide bonds. The quantitative estimate of drug-likeness (QED) is 0.752. The number of aromatic nitrogens is 2. The normalized spacial score (nSPS) is 24.0. The molecule has 0 aliphatic carbocycles. The van der Waals surface area contributed by atoms with Crippen LogP contribution < -0.4 is 5.56 Å². The van der Waals surface area contributed by atoms with Crippen molar-refractivity contribution in [2.75, 3.05) is 26.4 Å². The molecule has 0 aromatic carbocycles. The van der Waals surface area contributed by atoms with Crippen LogP contribution in [0, 0.1) is 0 Å². The van der Waals surface area contributed by atoms with Gasteiger partial charge in [0.2, 0.25) is 5.75 Å². The minimum Gasteiger partial charge on any atom is -0.501 e. The van der Waals surface area contributed by atoms with E-state index in [4.69, 9.17) is 14.2 Å². The van der Waals surface area contributed by atoms with E-state index in [1.807, 2.05) is 0 Å². The molecule has 114 valence electrons. The van der Waals surface area contributed by atoms with E-state index in [9.17, 15) is 14.7 Å². The van der Waals surface area contributed by atoms with E-state index in [0.717, 1.165) is 0 Å². The molecule has 0 saturated carbocycles. The SMILES string of the molecule is CCOC(=O)c1nc2n(c(=O)c1O)CCOC21CCOC1. The number of aromatic hydroxyl groups is 1. The second kappa shape index (κ2) is 5.12. The van der Waals surface area contributed by atoms with Crippen molar-refractivity contribution in [3.8, 4) is 5.75 Å². The lowest BCUT2D eigenvalue weighted by Gasteiger charge is -2.34. The fourth-order valence-corrected chi connectivity index (χ4v) is 2.67. The molecule has 0 bridgehead atoms. The number of esters is 1. The molecule has 3 heterocycles. The smallest absolute Gasteiger partial charge is 0.361 e. The Morgan fingerprint density at radius 2 is 2.33 bits per heavy atom. The van der Waals surface area contributed by atoms with E-state index in [2.05, 4.69) is 4.98 Å². The summed E-state index contributed by atoms with van der Waals surface area (Å²) in [5.74, 6) is -1.19. The Labute approximate surface area is 120 Å². The third-order valence-corrected chi connectivity index (χ3v) is 3.70. The predicted molar refractivity (Wildman–Crippen MR) is 69.2 cm³/mol. The first-order chi connectivity index (χ1) is 10.1. The van der Waals surface area contributed by atoms with Crippen molar-refractivity contribution in [2.24, 2.45) is 0 Å². The summed E-state index contributed by atoms with van der Waals surface area (Å²) in [4.78, 5) is 28.3. The molecule has 3 rings (SSSR count). The van der Waals surface area contributed by atoms with Crippen molar-refractivity contribution in [2.45, 2.75) is 25.5 Å². The van der Waals surface area contributed by atoms with Crippen LogP contribution in [-0.4, -0.2) is 47.1 Å². The summed E-state index contributed by atoms with van der Waals surface area (Å²) < 4.78 is 17.3. The van der Waals surface area contributed by atoms with E-state index >= 15 is 0 Å². The Morgan fingerprint density at radius 3 is 3.00 bits per heavy atom. The van der Waals surface area contributed by atoms with Gasteiger partial charge in [0, 0.05) is 6.42 Å². The first-order valence-corrected chi connectivity index (χ1v) is 6.82. The highest BCUT2D eigenvalue weighted by molar-refractivity contribution is 5.90. The van der Waals surface area contributed by atoms with Crippen LogP contribution in [0.25, 0.3) is 0 Å². The maximum absolute atomic E-state index is 12.3. The zero-order valence-electron chi connectivity index (χ0n) is 11.6. The maximum Gasteiger partial charge on any atom is 0.361 e. The van der Waals surface area contributed by atoms with Crippen molar-refractivity contribution in [3.63, 3.8) is 0 Å². The molecule has 1 aromatic rings. The van der Waals surface area contributed by atoms with E-state index in [1.54, 1.807) is 6.92 Å². The molecular weight excluding hydrogens is 280 g/mol. The highest BCUT2D eigenvalue weighted by atomic mass is 16.6. The summed E-state index contributed by atoms with van der Waals surface area (Å²) in [5.41, 5.74) is -1.85. The number of rotatable bonds is 2. The number of hydrogen-bond donors (Lipinski definition) is 1. The van der Waals surface area contributed by atoms with Crippen LogP contribution in [0.3, 0.4) is 0 Å². The van der Waals surface area contributed by atoms with E-state index in [1.165, 1.54) is 4.57 Å². The van der Waals surface area contributed by atoms with E-state index in [0.29, 0.717) is 25.5 Å². The van der Waals surface area contributed by atoms with Crippen molar-refractivity contribution in [1.82, 2.24) is 9.55 Å². The second-order valence-corrected chi connectivity index (χ2v) is 4.96. The average molecular weight is 296 g/mol. The predicted octanol–water partition coefficient (Wildman–Crippen LogP) is -0.229. The van der Waals surface area contributed by atoms with Crippen molar-refractivity contribution in [1.29, 1.82) is 0 Å². The van der Waals surface area contributed by atoms with Crippen LogP contribution in [0.5, 0.6) is 5.75 Å². The van der Waals surface area contributed by atoms with Crippen LogP contribution >= 0.6 is 0 Å². The molecule has 1 aromatic heterocycles. The van der Waals surface area contributed by atoms with Crippen LogP contribution in [0.15, 0.2) is 4.79 Å². The Hall–Kier alpha value is -1.93. The maximum atomic E-state index is 12.3. The van der Waals surface area contributed by atoms with E-state index < -0.39 is 22.9 Å². The molecule has 2 aliphatic rings. The van der Waals surface area contributed by atoms with Crippen LogP contribution in [0.4, 0.5) is 0 Å². The van der Waals surface area contributed by atoms with Gasteiger partial charge >= 0.3 is 5.97 Å². The monoisotopic (exact) mass is 296 g/mol. The number of hydrogen-bond acceptors (Lipinski definition) is 7. The summed E-state index contributed by atoms with van der Waals surface area (Å²) in [6.45, 7) is 3.13. The molecule has 1 saturated heterocycles. The number of nitrogens with zero attached hydrogens (tertiary/aromatic N) is 2. The standard InChI is InChI=1S/C13H16N2O6/c1-2-20-11(18)8-9(16)10(17)15-4-6-21-13(12(15)14-8)3-5-19-7-13/h16H,2-7H2,1H3. The number of carbonyl (C=O) groups is 1. The van der Waals surface area contributed by atoms with Gasteiger partial charge in [0.25, 0.3) is 5.56 Å². The Bertz CT molecular complexity index is 632. The lowest BCUT2D eigenvalue weighted by Crippen LogP contribution is -2.45. The molecule has 2 aliphatic heterocycles. The lowest BCUT2D eigenvalue weighted by molar-refractivity contribution is -0.0852. The minimum atomic E-state index is -0.827. The summed E-state index contributed by atoms with van der Waals surface area (Å²) in [5, 5.41) is 9.91. The Morgan fingerprint density at radius 1 is 1.52 bits per heavy atom. The Balaban J connectivity index is 2.17. The van der Waals surface area contributed by atoms with Crippen molar-refractivity contribution < 1.29 is 24.1 Å². The fraction of sp³-hybridized carbons (Fsp3) is 0.615. The third-order valence-electron chi connectivity index (χ3n) is 3.70. The van der Waals surface area contributed by atoms with Gasteiger partial charge in [0.15, 0.2) is 11.3 Å². The van der Waals surface area contributed by atoms with Gasteiger partial charge in [-0.1, -0.05) is 0 Å². The van der Waals surface area contributed by atoms with Gasteiger partial charge in [-0.05, 0) is 6.92 Å². The van der Waals surface area contributed by atoms with Crippen molar-refractivity contribution in [3.05, 3.63) is 21.9 Å². The molecular formula is C13H16N2O6. The van der Waals surface area contributed by atoms with Crippen LogP contribution in [0.1, 0.15) is 29.7 Å². The van der Waals surface area contributed by atoms with Gasteiger partial charge in [-0.2, -0.15) is 0 Å². The molecule has 1 atom stereocenters. The third kappa shape index (κ3) is 2.11. The lowest BCUT2D eigenvalue weighted by atomic mass is 10.00. The fourth-order valence-electron chi connectivity index (χ4n) is 2.67. The summed E-state index contributed by atoms with van der Waals surface area (Å²) in [6.07, 6.45) is 0.548. The first-order valence-electron chi connectivity index (χ1n) is 6.82. The van der Waals surface area contributed by atoms with Gasteiger partial charge in [0.1, 0.15) is 5.82 Å². The van der Waals surface area contributed by atoms with E-state index in [-0.39, 0.29) is 25.5 Å². The molecule has 21 heavy (non-hydrogen) atoms. The molecule has 8 nitrogen and oxygen atoms in total. The summed E-state index contributed by atoms with van der Waals surface area (Å²) >= 11 is 0. The highest BCUT2D eigenvalue weighted by Crippen LogP contribution is 2.36.